The molecule has 8 nitrogen and oxygen atoms in total. The average Bonchev–Trinajstić information content (AvgIpc) is 2.97. The third-order valence-corrected chi connectivity index (χ3v) is 6.39. The Bertz CT molecular complexity index is 849. The lowest BCUT2D eigenvalue weighted by Crippen LogP contribution is -2.41. The molecule has 132 valence electrons. The van der Waals surface area contributed by atoms with E-state index in [0.717, 1.165) is 5.56 Å². The molecule has 0 aromatic carbocycles. The van der Waals surface area contributed by atoms with Gasteiger partial charge in [-0.2, -0.15) is 10.2 Å². The Morgan fingerprint density at radius 2 is 2.00 bits per heavy atom. The van der Waals surface area contributed by atoms with E-state index in [9.17, 15) is 13.5 Å². The maximum atomic E-state index is 12.9. The van der Waals surface area contributed by atoms with Gasteiger partial charge in [0, 0.05) is 25.9 Å². The zero-order valence-electron chi connectivity index (χ0n) is 14.3. The van der Waals surface area contributed by atoms with Crippen LogP contribution < -0.4 is 4.72 Å². The molecule has 0 radical (unpaired) electrons. The van der Waals surface area contributed by atoms with E-state index in [1.165, 1.54) is 0 Å². The van der Waals surface area contributed by atoms with Gasteiger partial charge in [0.15, 0.2) is 0 Å². The summed E-state index contributed by atoms with van der Waals surface area (Å²) in [6, 6.07) is -0.411. The minimum absolute atomic E-state index is 0.0521. The molecule has 24 heavy (non-hydrogen) atoms. The second-order valence-electron chi connectivity index (χ2n) is 6.56. The quantitative estimate of drug-likeness (QED) is 0.818. The summed E-state index contributed by atoms with van der Waals surface area (Å²) in [6.07, 6.45) is 4.27. The number of aliphatic hydroxyl groups excluding tert-OH is 1. The van der Waals surface area contributed by atoms with Crippen LogP contribution in [0.25, 0.3) is 0 Å². The SMILES string of the molecule is Cc1nn(C)c(C)c1S(=O)(=O)N[C@H](c1cnn(C)c1)C1CC(O)C1. The van der Waals surface area contributed by atoms with Gasteiger partial charge in [0.05, 0.1) is 29.7 Å². The molecule has 1 aliphatic carbocycles. The molecule has 0 amide bonds. The van der Waals surface area contributed by atoms with E-state index < -0.39 is 16.1 Å². The molecule has 2 heterocycles. The van der Waals surface area contributed by atoms with Crippen LogP contribution in [0.5, 0.6) is 0 Å². The van der Waals surface area contributed by atoms with E-state index in [1.807, 2.05) is 0 Å². The third kappa shape index (κ3) is 2.99. The van der Waals surface area contributed by atoms with Crippen LogP contribution in [0.1, 0.15) is 35.8 Å². The Kier molecular flexibility index (Phi) is 4.27. The molecule has 2 aromatic rings. The topological polar surface area (TPSA) is 102 Å². The summed E-state index contributed by atoms with van der Waals surface area (Å²) in [4.78, 5) is 0.221. The maximum Gasteiger partial charge on any atom is 0.244 e. The van der Waals surface area contributed by atoms with E-state index >= 15 is 0 Å². The summed E-state index contributed by atoms with van der Waals surface area (Å²) in [5, 5.41) is 18.0. The molecule has 9 heteroatoms. The molecule has 0 spiro atoms. The molecule has 1 aliphatic rings. The number of rotatable bonds is 5. The van der Waals surface area contributed by atoms with Crippen molar-refractivity contribution in [3.05, 3.63) is 29.3 Å². The van der Waals surface area contributed by atoms with Gasteiger partial charge in [-0.05, 0) is 32.6 Å². The third-order valence-electron chi connectivity index (χ3n) is 4.70. The van der Waals surface area contributed by atoms with Gasteiger partial charge in [-0.25, -0.2) is 13.1 Å². The number of hydrogen-bond donors (Lipinski definition) is 2. The van der Waals surface area contributed by atoms with Crippen molar-refractivity contribution in [2.45, 2.75) is 43.7 Å². The Labute approximate surface area is 141 Å². The Morgan fingerprint density at radius 3 is 2.46 bits per heavy atom. The first kappa shape index (κ1) is 17.1. The standard InChI is InChI=1S/C15H23N5O3S/c1-9-15(10(2)20(4)17-9)24(22,23)18-14(11-5-13(21)6-11)12-7-16-19(3)8-12/h7-8,11,13-14,18,21H,5-6H2,1-4H3/t11?,13?,14-/m0/s1. The van der Waals surface area contributed by atoms with Crippen LogP contribution in [-0.4, -0.2) is 39.2 Å². The van der Waals surface area contributed by atoms with Gasteiger partial charge < -0.3 is 5.11 Å². The Balaban J connectivity index is 1.94. The normalized spacial score (nSPS) is 22.4. The van der Waals surface area contributed by atoms with Crippen molar-refractivity contribution in [1.29, 1.82) is 0 Å². The first-order valence-corrected chi connectivity index (χ1v) is 9.36. The Hall–Kier alpha value is -1.71. The smallest absolute Gasteiger partial charge is 0.244 e. The zero-order valence-corrected chi connectivity index (χ0v) is 15.1. The van der Waals surface area contributed by atoms with Crippen LogP contribution >= 0.6 is 0 Å². The van der Waals surface area contributed by atoms with Crippen molar-refractivity contribution in [1.82, 2.24) is 24.3 Å². The van der Waals surface area contributed by atoms with E-state index in [-0.39, 0.29) is 16.9 Å². The summed E-state index contributed by atoms with van der Waals surface area (Å²) in [7, 11) is -0.213. The van der Waals surface area contributed by atoms with Gasteiger partial charge in [0.1, 0.15) is 4.90 Å². The van der Waals surface area contributed by atoms with Crippen LogP contribution in [0.4, 0.5) is 0 Å². The monoisotopic (exact) mass is 353 g/mol. The van der Waals surface area contributed by atoms with Crippen LogP contribution in [0.15, 0.2) is 17.3 Å². The second-order valence-corrected chi connectivity index (χ2v) is 8.21. The predicted molar refractivity (Wildman–Crippen MR) is 87.7 cm³/mol. The number of hydrogen-bond acceptors (Lipinski definition) is 5. The fourth-order valence-electron chi connectivity index (χ4n) is 3.31. The van der Waals surface area contributed by atoms with Gasteiger partial charge in [-0.15, -0.1) is 0 Å². The number of nitrogens with one attached hydrogen (secondary N) is 1. The molecular formula is C15H23N5O3S. The largest absolute Gasteiger partial charge is 0.393 e. The summed E-state index contributed by atoms with van der Waals surface area (Å²) in [5.74, 6) is 0.0521. The highest BCUT2D eigenvalue weighted by Crippen LogP contribution is 2.39. The summed E-state index contributed by atoms with van der Waals surface area (Å²) < 4.78 is 31.9. The average molecular weight is 353 g/mol. The van der Waals surface area contributed by atoms with Crippen molar-refractivity contribution in [3.8, 4) is 0 Å². The van der Waals surface area contributed by atoms with Gasteiger partial charge in [-0.1, -0.05) is 0 Å². The number of nitrogens with zero attached hydrogens (tertiary/aromatic N) is 4. The van der Waals surface area contributed by atoms with E-state index in [4.69, 9.17) is 0 Å². The molecule has 1 fully saturated rings. The molecule has 0 unspecified atom stereocenters. The van der Waals surface area contributed by atoms with Crippen molar-refractivity contribution < 1.29 is 13.5 Å². The predicted octanol–water partition coefficient (Wildman–Crippen LogP) is 0.561. The lowest BCUT2D eigenvalue weighted by atomic mass is 9.76. The van der Waals surface area contributed by atoms with Gasteiger partial charge in [0.25, 0.3) is 0 Å². The molecular weight excluding hydrogens is 330 g/mol. The van der Waals surface area contributed by atoms with E-state index in [2.05, 4.69) is 14.9 Å². The van der Waals surface area contributed by atoms with Crippen LogP contribution in [-0.2, 0) is 24.1 Å². The molecule has 0 saturated heterocycles. The van der Waals surface area contributed by atoms with E-state index in [1.54, 1.807) is 49.7 Å². The summed E-state index contributed by atoms with van der Waals surface area (Å²) in [6.45, 7) is 3.43. The first-order chi connectivity index (χ1) is 11.2. The summed E-state index contributed by atoms with van der Waals surface area (Å²) >= 11 is 0. The number of aryl methyl sites for hydroxylation is 3. The Morgan fingerprint density at radius 1 is 1.33 bits per heavy atom. The maximum absolute atomic E-state index is 12.9. The molecule has 3 rings (SSSR count). The van der Waals surface area contributed by atoms with Crippen molar-refractivity contribution in [2.75, 3.05) is 0 Å². The first-order valence-electron chi connectivity index (χ1n) is 7.88. The minimum Gasteiger partial charge on any atom is -0.393 e. The molecule has 2 aromatic heterocycles. The van der Waals surface area contributed by atoms with E-state index in [0.29, 0.717) is 24.2 Å². The number of sulfonamides is 1. The fourth-order valence-corrected chi connectivity index (χ4v) is 5.04. The van der Waals surface area contributed by atoms with Gasteiger partial charge in [-0.3, -0.25) is 9.36 Å². The number of aliphatic hydroxyl groups is 1. The van der Waals surface area contributed by atoms with Crippen molar-refractivity contribution >= 4 is 10.0 Å². The minimum atomic E-state index is -3.73. The van der Waals surface area contributed by atoms with Crippen molar-refractivity contribution in [3.63, 3.8) is 0 Å². The van der Waals surface area contributed by atoms with Crippen LogP contribution in [0, 0.1) is 19.8 Å². The lowest BCUT2D eigenvalue weighted by molar-refractivity contribution is 0.0280. The van der Waals surface area contributed by atoms with Crippen molar-refractivity contribution in [2.24, 2.45) is 20.0 Å². The van der Waals surface area contributed by atoms with Gasteiger partial charge in [0.2, 0.25) is 10.0 Å². The molecule has 2 N–H and O–H groups in total. The van der Waals surface area contributed by atoms with Gasteiger partial charge >= 0.3 is 0 Å². The van der Waals surface area contributed by atoms with Crippen LogP contribution in [0.3, 0.4) is 0 Å². The molecule has 1 atom stereocenters. The summed E-state index contributed by atoms with van der Waals surface area (Å²) in [5.41, 5.74) is 1.87. The number of aromatic nitrogens is 4. The zero-order chi connectivity index (χ0) is 17.6. The highest BCUT2D eigenvalue weighted by molar-refractivity contribution is 7.89. The lowest BCUT2D eigenvalue weighted by Gasteiger charge is -2.37. The highest BCUT2D eigenvalue weighted by atomic mass is 32.2. The second kappa shape index (κ2) is 5.98. The molecule has 0 bridgehead atoms. The molecule has 1 saturated carbocycles. The molecule has 0 aliphatic heterocycles. The van der Waals surface area contributed by atoms with Crippen LogP contribution in [0.2, 0.25) is 0 Å². The fraction of sp³-hybridized carbons (Fsp3) is 0.600. The highest BCUT2D eigenvalue weighted by Gasteiger charge is 2.38.